The highest BCUT2D eigenvalue weighted by Crippen LogP contribution is 1.99. The molecule has 0 unspecified atom stereocenters. The van der Waals surface area contributed by atoms with Crippen LogP contribution in [0.4, 0.5) is 4.79 Å². The van der Waals surface area contributed by atoms with Crippen LogP contribution in [-0.4, -0.2) is 42.6 Å². The van der Waals surface area contributed by atoms with Gasteiger partial charge in [0.2, 0.25) is 0 Å². The summed E-state index contributed by atoms with van der Waals surface area (Å²) in [5, 5.41) is 2.76. The molecule has 2 amide bonds. The minimum absolute atomic E-state index is 0.0917. The van der Waals surface area contributed by atoms with Crippen LogP contribution >= 0.6 is 11.8 Å². The summed E-state index contributed by atoms with van der Waals surface area (Å²) in [6, 6.07) is 0.0917. The Bertz CT molecular complexity index is 129. The van der Waals surface area contributed by atoms with Crippen molar-refractivity contribution in [2.75, 3.05) is 31.6 Å². The van der Waals surface area contributed by atoms with Crippen molar-refractivity contribution < 1.29 is 4.79 Å². The molecule has 0 spiro atoms. The van der Waals surface area contributed by atoms with Crippen molar-refractivity contribution in [2.45, 2.75) is 0 Å². The maximum absolute atomic E-state index is 10.9. The van der Waals surface area contributed by atoms with Crippen molar-refractivity contribution in [1.82, 2.24) is 10.2 Å². The first-order chi connectivity index (χ1) is 4.84. The van der Waals surface area contributed by atoms with E-state index in [1.807, 2.05) is 11.2 Å². The van der Waals surface area contributed by atoms with Crippen molar-refractivity contribution in [2.24, 2.45) is 0 Å². The molecule has 1 heterocycles. The molecule has 4 heteroatoms. The highest BCUT2D eigenvalue weighted by atomic mass is 32.2. The highest BCUT2D eigenvalue weighted by Gasteiger charge is 2.17. The number of thioether (sulfide) groups is 1. The second kappa shape index (κ2) is 3.71. The van der Waals surface area contributed by atoms with Crippen molar-refractivity contribution in [3.8, 4) is 0 Å². The number of urea groups is 1. The monoisotopic (exact) mass is 160 g/mol. The molecule has 1 aliphatic heterocycles. The van der Waals surface area contributed by atoms with Gasteiger partial charge in [-0.2, -0.15) is 11.8 Å². The second-order valence-corrected chi connectivity index (χ2v) is 3.20. The molecular formula is C6H12N2OS. The lowest BCUT2D eigenvalue weighted by Gasteiger charge is -2.11. The second-order valence-electron chi connectivity index (χ2n) is 2.21. The van der Waals surface area contributed by atoms with Gasteiger partial charge in [0.05, 0.1) is 0 Å². The predicted molar refractivity (Wildman–Crippen MR) is 43.4 cm³/mol. The maximum Gasteiger partial charge on any atom is 0.317 e. The summed E-state index contributed by atoms with van der Waals surface area (Å²) in [6.45, 7) is 2.57. The number of hydrogen-bond acceptors (Lipinski definition) is 2. The van der Waals surface area contributed by atoms with Gasteiger partial charge in [0.15, 0.2) is 0 Å². The molecule has 0 radical (unpaired) electrons. The fourth-order valence-electron chi connectivity index (χ4n) is 0.926. The van der Waals surface area contributed by atoms with Crippen molar-refractivity contribution in [1.29, 1.82) is 0 Å². The maximum atomic E-state index is 10.9. The largest absolute Gasteiger partial charge is 0.336 e. The van der Waals surface area contributed by atoms with E-state index in [1.165, 1.54) is 0 Å². The Morgan fingerprint density at radius 1 is 1.80 bits per heavy atom. The molecule has 10 heavy (non-hydrogen) atoms. The number of amides is 2. The van der Waals surface area contributed by atoms with Crippen LogP contribution in [0, 0.1) is 0 Å². The van der Waals surface area contributed by atoms with Crippen molar-refractivity contribution >= 4 is 17.8 Å². The van der Waals surface area contributed by atoms with E-state index < -0.39 is 0 Å². The molecule has 1 aliphatic rings. The lowest BCUT2D eigenvalue weighted by atomic mass is 10.6. The Morgan fingerprint density at radius 3 is 3.10 bits per heavy atom. The van der Waals surface area contributed by atoms with Gasteiger partial charge in [0.1, 0.15) is 0 Å². The summed E-state index contributed by atoms with van der Waals surface area (Å²) in [7, 11) is 0. The van der Waals surface area contributed by atoms with Crippen molar-refractivity contribution in [3.63, 3.8) is 0 Å². The first kappa shape index (κ1) is 7.72. The van der Waals surface area contributed by atoms with Crippen LogP contribution < -0.4 is 5.32 Å². The standard InChI is InChI=1S/C6H12N2OS/c1-10-5-4-8-3-2-7-6(8)9/h2-5H2,1H3,(H,7,9). The van der Waals surface area contributed by atoms with Crippen LogP contribution in [0.25, 0.3) is 0 Å². The Labute approximate surface area is 65.2 Å². The molecule has 1 fully saturated rings. The number of nitrogens with zero attached hydrogens (tertiary/aromatic N) is 1. The van der Waals surface area contributed by atoms with Gasteiger partial charge >= 0.3 is 6.03 Å². The fourth-order valence-corrected chi connectivity index (χ4v) is 1.33. The average molecular weight is 160 g/mol. The van der Waals surface area contributed by atoms with Gasteiger partial charge in [-0.25, -0.2) is 4.79 Å². The first-order valence-electron chi connectivity index (χ1n) is 3.36. The third-order valence-electron chi connectivity index (χ3n) is 1.51. The van der Waals surface area contributed by atoms with E-state index in [9.17, 15) is 4.79 Å². The molecule has 0 saturated carbocycles. The molecule has 0 aliphatic carbocycles. The molecule has 0 aromatic heterocycles. The summed E-state index contributed by atoms with van der Waals surface area (Å²) in [6.07, 6.45) is 2.05. The Kier molecular flexibility index (Phi) is 2.86. The molecule has 1 N–H and O–H groups in total. The summed E-state index contributed by atoms with van der Waals surface area (Å²) in [5.41, 5.74) is 0. The SMILES string of the molecule is CSCCN1CCNC1=O. The fraction of sp³-hybridized carbons (Fsp3) is 0.833. The van der Waals surface area contributed by atoms with E-state index in [0.29, 0.717) is 0 Å². The van der Waals surface area contributed by atoms with Gasteiger partial charge in [-0.3, -0.25) is 0 Å². The molecule has 1 saturated heterocycles. The number of carbonyl (C=O) groups is 1. The topological polar surface area (TPSA) is 32.3 Å². The highest BCUT2D eigenvalue weighted by molar-refractivity contribution is 7.98. The average Bonchev–Trinajstić information content (AvgIpc) is 2.31. The van der Waals surface area contributed by atoms with Gasteiger partial charge in [0, 0.05) is 25.4 Å². The third kappa shape index (κ3) is 1.80. The summed E-state index contributed by atoms with van der Waals surface area (Å²) in [5.74, 6) is 1.04. The molecule has 1 rings (SSSR count). The molecule has 3 nitrogen and oxygen atoms in total. The van der Waals surface area contributed by atoms with E-state index in [4.69, 9.17) is 0 Å². The van der Waals surface area contributed by atoms with Gasteiger partial charge in [-0.05, 0) is 6.26 Å². The van der Waals surface area contributed by atoms with Gasteiger partial charge in [-0.15, -0.1) is 0 Å². The van der Waals surface area contributed by atoms with Gasteiger partial charge < -0.3 is 10.2 Å². The summed E-state index contributed by atoms with van der Waals surface area (Å²) in [4.78, 5) is 12.7. The Balaban J connectivity index is 2.20. The van der Waals surface area contributed by atoms with Crippen LogP contribution in [0.1, 0.15) is 0 Å². The zero-order valence-corrected chi connectivity index (χ0v) is 6.91. The van der Waals surface area contributed by atoms with Crippen LogP contribution in [0.5, 0.6) is 0 Å². The van der Waals surface area contributed by atoms with Gasteiger partial charge in [0.25, 0.3) is 0 Å². The van der Waals surface area contributed by atoms with Gasteiger partial charge in [-0.1, -0.05) is 0 Å². The minimum Gasteiger partial charge on any atom is -0.336 e. The zero-order chi connectivity index (χ0) is 7.40. The Hall–Kier alpha value is -0.380. The van der Waals surface area contributed by atoms with Crippen LogP contribution in [0.15, 0.2) is 0 Å². The first-order valence-corrected chi connectivity index (χ1v) is 4.75. The molecule has 58 valence electrons. The normalized spacial score (nSPS) is 17.7. The third-order valence-corrected chi connectivity index (χ3v) is 2.10. The smallest absolute Gasteiger partial charge is 0.317 e. The lowest BCUT2D eigenvalue weighted by Crippen LogP contribution is -2.29. The molecule has 0 aromatic carbocycles. The van der Waals surface area contributed by atoms with Crippen LogP contribution in [-0.2, 0) is 0 Å². The van der Waals surface area contributed by atoms with E-state index in [0.717, 1.165) is 25.4 Å². The van der Waals surface area contributed by atoms with Crippen LogP contribution in [0.3, 0.4) is 0 Å². The van der Waals surface area contributed by atoms with Crippen LogP contribution in [0.2, 0.25) is 0 Å². The van der Waals surface area contributed by atoms with E-state index in [1.54, 1.807) is 11.8 Å². The number of rotatable bonds is 3. The van der Waals surface area contributed by atoms with E-state index in [2.05, 4.69) is 5.32 Å². The molecular weight excluding hydrogens is 148 g/mol. The minimum atomic E-state index is 0.0917. The predicted octanol–water partition coefficient (Wildman–Crippen LogP) is 0.375. The van der Waals surface area contributed by atoms with E-state index >= 15 is 0 Å². The quantitative estimate of drug-likeness (QED) is 0.647. The summed E-state index contributed by atoms with van der Waals surface area (Å²) < 4.78 is 0. The van der Waals surface area contributed by atoms with Crippen molar-refractivity contribution in [3.05, 3.63) is 0 Å². The molecule has 0 aromatic rings. The molecule has 0 bridgehead atoms. The molecule has 0 atom stereocenters. The zero-order valence-electron chi connectivity index (χ0n) is 6.09. The Morgan fingerprint density at radius 2 is 2.60 bits per heavy atom. The summed E-state index contributed by atoms with van der Waals surface area (Å²) >= 11 is 1.77. The van der Waals surface area contributed by atoms with E-state index in [-0.39, 0.29) is 6.03 Å². The number of nitrogens with one attached hydrogen (secondary N) is 1. The number of carbonyl (C=O) groups excluding carboxylic acids is 1. The number of hydrogen-bond donors (Lipinski definition) is 1. The lowest BCUT2D eigenvalue weighted by molar-refractivity contribution is 0.220.